The molecule has 0 radical (unpaired) electrons. The molecular formula is C23H22ClN3O2S. The maximum absolute atomic E-state index is 12.5. The lowest BCUT2D eigenvalue weighted by Crippen LogP contribution is -2.41. The molecule has 0 bridgehead atoms. The lowest BCUT2D eigenvalue weighted by Gasteiger charge is -2.30. The van der Waals surface area contributed by atoms with Crippen LogP contribution in [0.4, 0.5) is 11.4 Å². The topological polar surface area (TPSA) is 61.4 Å². The van der Waals surface area contributed by atoms with Crippen molar-refractivity contribution in [3.63, 3.8) is 0 Å². The van der Waals surface area contributed by atoms with Gasteiger partial charge in [0.25, 0.3) is 0 Å². The zero-order valence-electron chi connectivity index (χ0n) is 16.5. The number of hydrogen-bond acceptors (Lipinski definition) is 4. The summed E-state index contributed by atoms with van der Waals surface area (Å²) in [5, 5.41) is 8.03. The zero-order valence-corrected chi connectivity index (χ0v) is 18.1. The Balaban J connectivity index is 1.46. The highest BCUT2D eigenvalue weighted by Gasteiger charge is 2.28. The number of carbonyl (C=O) groups is 2. The van der Waals surface area contributed by atoms with Crippen LogP contribution < -0.4 is 15.5 Å². The van der Waals surface area contributed by atoms with Gasteiger partial charge in [-0.1, -0.05) is 41.9 Å². The molecule has 1 atom stereocenters. The number of nitrogens with one attached hydrogen (secondary N) is 2. The van der Waals surface area contributed by atoms with Crippen molar-refractivity contribution in [2.75, 3.05) is 23.3 Å². The van der Waals surface area contributed by atoms with E-state index in [2.05, 4.69) is 33.7 Å². The van der Waals surface area contributed by atoms with Gasteiger partial charge >= 0.3 is 11.8 Å². The van der Waals surface area contributed by atoms with Crippen LogP contribution in [0.3, 0.4) is 0 Å². The Morgan fingerprint density at radius 3 is 2.73 bits per heavy atom. The normalized spacial score (nSPS) is 13.6. The summed E-state index contributed by atoms with van der Waals surface area (Å²) in [6.45, 7) is 3.02. The minimum atomic E-state index is -0.702. The average Bonchev–Trinajstić information content (AvgIpc) is 3.42. The summed E-state index contributed by atoms with van der Waals surface area (Å²) in [6.07, 6.45) is 0.973. The standard InChI is InChI=1S/C23H22ClN3O2S/c1-15-17(24)7-4-8-18(15)26-23(29)22(28)25-14-20(21-10-5-13-30-21)27-12-11-16-6-2-3-9-19(16)27/h2-10,13,20H,11-12,14H2,1H3,(H,25,28)(H,26,29)/t20-/m1/s1. The Morgan fingerprint density at radius 2 is 1.93 bits per heavy atom. The average molecular weight is 440 g/mol. The Kier molecular flexibility index (Phi) is 6.06. The number of para-hydroxylation sites is 1. The fourth-order valence-corrected chi connectivity index (χ4v) is 4.74. The van der Waals surface area contributed by atoms with Crippen LogP contribution in [0.25, 0.3) is 0 Å². The molecule has 154 valence electrons. The molecule has 0 fully saturated rings. The van der Waals surface area contributed by atoms with E-state index in [1.54, 1.807) is 36.5 Å². The molecule has 0 saturated heterocycles. The Bertz CT molecular complexity index is 1070. The van der Waals surface area contributed by atoms with Gasteiger partial charge in [-0.15, -0.1) is 11.3 Å². The number of anilines is 2. The molecule has 7 heteroatoms. The molecule has 3 aromatic rings. The number of hydrogen-bond donors (Lipinski definition) is 2. The van der Waals surface area contributed by atoms with Crippen LogP contribution in [0.15, 0.2) is 60.0 Å². The largest absolute Gasteiger partial charge is 0.361 e. The zero-order chi connectivity index (χ0) is 21.1. The number of amides is 2. The van der Waals surface area contributed by atoms with Crippen molar-refractivity contribution in [3.8, 4) is 0 Å². The highest BCUT2D eigenvalue weighted by Crippen LogP contribution is 2.36. The predicted molar refractivity (Wildman–Crippen MR) is 122 cm³/mol. The van der Waals surface area contributed by atoms with Crippen LogP contribution in [0.2, 0.25) is 5.02 Å². The first-order chi connectivity index (χ1) is 14.5. The van der Waals surface area contributed by atoms with Gasteiger partial charge in [-0.2, -0.15) is 0 Å². The second-order valence-electron chi connectivity index (χ2n) is 7.18. The van der Waals surface area contributed by atoms with Crippen LogP contribution >= 0.6 is 22.9 Å². The van der Waals surface area contributed by atoms with Crippen molar-refractivity contribution in [3.05, 3.63) is 81.0 Å². The monoisotopic (exact) mass is 439 g/mol. The van der Waals surface area contributed by atoms with E-state index < -0.39 is 11.8 Å². The lowest BCUT2D eigenvalue weighted by molar-refractivity contribution is -0.136. The van der Waals surface area contributed by atoms with Crippen LogP contribution in [0.5, 0.6) is 0 Å². The molecule has 0 saturated carbocycles. The Labute approximate surface area is 184 Å². The summed E-state index contributed by atoms with van der Waals surface area (Å²) in [4.78, 5) is 28.4. The molecule has 2 aromatic carbocycles. The van der Waals surface area contributed by atoms with Crippen LogP contribution in [-0.4, -0.2) is 24.9 Å². The summed E-state index contributed by atoms with van der Waals surface area (Å²) in [6, 6.07) is 17.6. The number of carbonyl (C=O) groups excluding carboxylic acids is 2. The summed E-state index contributed by atoms with van der Waals surface area (Å²) in [5.74, 6) is -1.37. The van der Waals surface area contributed by atoms with Gasteiger partial charge in [0.15, 0.2) is 0 Å². The number of halogens is 1. The molecule has 0 spiro atoms. The van der Waals surface area contributed by atoms with Gasteiger partial charge in [0.1, 0.15) is 0 Å². The first-order valence-electron chi connectivity index (χ1n) is 9.77. The van der Waals surface area contributed by atoms with Crippen LogP contribution in [0.1, 0.15) is 22.0 Å². The van der Waals surface area contributed by atoms with Crippen molar-refractivity contribution in [1.29, 1.82) is 0 Å². The summed E-state index contributed by atoms with van der Waals surface area (Å²) in [5.41, 5.74) is 3.75. The van der Waals surface area contributed by atoms with Crippen molar-refractivity contribution in [2.45, 2.75) is 19.4 Å². The molecule has 2 heterocycles. The smallest absolute Gasteiger partial charge is 0.313 e. The lowest BCUT2D eigenvalue weighted by atomic mass is 10.1. The Hall–Kier alpha value is -2.83. The van der Waals surface area contributed by atoms with Gasteiger partial charge in [0, 0.05) is 34.4 Å². The summed E-state index contributed by atoms with van der Waals surface area (Å²) in [7, 11) is 0. The molecule has 2 N–H and O–H groups in total. The number of rotatable bonds is 5. The highest BCUT2D eigenvalue weighted by molar-refractivity contribution is 7.10. The number of benzene rings is 2. The quantitative estimate of drug-likeness (QED) is 0.572. The first kappa shape index (κ1) is 20.4. The first-order valence-corrected chi connectivity index (χ1v) is 11.0. The van der Waals surface area contributed by atoms with E-state index in [9.17, 15) is 9.59 Å². The van der Waals surface area contributed by atoms with E-state index in [0.29, 0.717) is 17.3 Å². The molecule has 4 rings (SSSR count). The van der Waals surface area contributed by atoms with E-state index in [-0.39, 0.29) is 6.04 Å². The predicted octanol–water partition coefficient (Wildman–Crippen LogP) is 4.57. The number of nitrogens with zero attached hydrogens (tertiary/aromatic N) is 1. The SMILES string of the molecule is Cc1c(Cl)cccc1NC(=O)C(=O)NC[C@H](c1cccs1)N1CCc2ccccc21. The maximum atomic E-state index is 12.5. The highest BCUT2D eigenvalue weighted by atomic mass is 35.5. The van der Waals surface area contributed by atoms with Crippen LogP contribution in [-0.2, 0) is 16.0 Å². The van der Waals surface area contributed by atoms with Gasteiger partial charge in [-0.05, 0) is 54.1 Å². The van der Waals surface area contributed by atoms with E-state index in [0.717, 1.165) is 23.4 Å². The van der Waals surface area contributed by atoms with Gasteiger partial charge < -0.3 is 15.5 Å². The van der Waals surface area contributed by atoms with E-state index in [4.69, 9.17) is 11.6 Å². The minimum Gasteiger partial charge on any atom is -0.361 e. The number of fused-ring (bicyclic) bond motifs is 1. The fourth-order valence-electron chi connectivity index (χ4n) is 3.72. The van der Waals surface area contributed by atoms with E-state index in [1.807, 2.05) is 23.6 Å². The van der Waals surface area contributed by atoms with Crippen molar-refractivity contribution < 1.29 is 9.59 Å². The van der Waals surface area contributed by atoms with Gasteiger partial charge in [0.05, 0.1) is 6.04 Å². The van der Waals surface area contributed by atoms with E-state index >= 15 is 0 Å². The second-order valence-corrected chi connectivity index (χ2v) is 8.57. The molecule has 2 amide bonds. The second kappa shape index (κ2) is 8.90. The number of thiophene rings is 1. The third kappa shape index (κ3) is 4.20. The maximum Gasteiger partial charge on any atom is 0.313 e. The van der Waals surface area contributed by atoms with Crippen molar-refractivity contribution in [2.24, 2.45) is 0 Å². The molecule has 5 nitrogen and oxygen atoms in total. The third-order valence-electron chi connectivity index (χ3n) is 5.35. The van der Waals surface area contributed by atoms with Crippen molar-refractivity contribution >= 4 is 46.1 Å². The molecular weight excluding hydrogens is 418 g/mol. The summed E-state index contributed by atoms with van der Waals surface area (Å²) < 4.78 is 0. The van der Waals surface area contributed by atoms with Gasteiger partial charge in [0.2, 0.25) is 0 Å². The molecule has 1 aliphatic heterocycles. The van der Waals surface area contributed by atoms with Gasteiger partial charge in [-0.3, -0.25) is 9.59 Å². The molecule has 1 aliphatic rings. The minimum absolute atomic E-state index is 0.0293. The summed E-state index contributed by atoms with van der Waals surface area (Å²) >= 11 is 7.74. The Morgan fingerprint density at radius 1 is 1.10 bits per heavy atom. The molecule has 30 heavy (non-hydrogen) atoms. The fraction of sp³-hybridized carbons (Fsp3) is 0.217. The van der Waals surface area contributed by atoms with Crippen molar-refractivity contribution in [1.82, 2.24) is 5.32 Å². The van der Waals surface area contributed by atoms with E-state index in [1.165, 1.54) is 11.3 Å². The third-order valence-corrected chi connectivity index (χ3v) is 6.73. The molecule has 0 unspecified atom stereocenters. The van der Waals surface area contributed by atoms with Gasteiger partial charge in [-0.25, -0.2) is 0 Å². The molecule has 1 aromatic heterocycles. The molecule has 0 aliphatic carbocycles. The van der Waals surface area contributed by atoms with Crippen LogP contribution in [0, 0.1) is 6.92 Å².